The molecule has 0 atom stereocenters. The van der Waals surface area contributed by atoms with Crippen molar-refractivity contribution in [2.45, 2.75) is 19.9 Å². The second kappa shape index (κ2) is 8.32. The van der Waals surface area contributed by atoms with Gasteiger partial charge in [-0.05, 0) is 13.3 Å². The summed E-state index contributed by atoms with van der Waals surface area (Å²) in [4.78, 5) is 51.2. The van der Waals surface area contributed by atoms with E-state index in [2.05, 4.69) is 10.3 Å². The molecule has 2 aromatic heterocycles. The number of alkyl carbamates (subject to hydrolysis) is 1. The molecule has 0 unspecified atom stereocenters. The second-order valence-corrected chi connectivity index (χ2v) is 5.47. The van der Waals surface area contributed by atoms with Gasteiger partial charge >= 0.3 is 17.8 Å². The summed E-state index contributed by atoms with van der Waals surface area (Å²) in [5.41, 5.74) is -0.684. The van der Waals surface area contributed by atoms with Crippen molar-refractivity contribution in [2.24, 2.45) is 14.1 Å². The van der Waals surface area contributed by atoms with Crippen LogP contribution in [0.25, 0.3) is 11.2 Å². The molecule has 0 saturated carbocycles. The molecule has 0 radical (unpaired) electrons. The van der Waals surface area contributed by atoms with E-state index in [1.165, 1.54) is 29.6 Å². The average Bonchev–Trinajstić information content (AvgIpc) is 3.01. The third-order valence-electron chi connectivity index (χ3n) is 3.65. The number of nitrogens with one attached hydrogen (secondary N) is 1. The van der Waals surface area contributed by atoms with Gasteiger partial charge in [-0.1, -0.05) is 0 Å². The van der Waals surface area contributed by atoms with Crippen LogP contribution in [0.5, 0.6) is 0 Å². The molecular weight excluding hydrogens is 346 g/mol. The molecule has 142 valence electrons. The van der Waals surface area contributed by atoms with Crippen molar-refractivity contribution in [2.75, 3.05) is 19.8 Å². The Morgan fingerprint density at radius 2 is 1.92 bits per heavy atom. The van der Waals surface area contributed by atoms with E-state index < -0.39 is 23.3 Å². The van der Waals surface area contributed by atoms with Crippen molar-refractivity contribution in [3.63, 3.8) is 0 Å². The Hall–Kier alpha value is -3.11. The molecule has 1 amide bonds. The third-order valence-corrected chi connectivity index (χ3v) is 3.65. The number of amides is 1. The van der Waals surface area contributed by atoms with E-state index in [0.717, 1.165) is 4.57 Å². The first kappa shape index (κ1) is 19.2. The van der Waals surface area contributed by atoms with Crippen molar-refractivity contribution in [3.05, 3.63) is 27.2 Å². The fourth-order valence-corrected chi connectivity index (χ4v) is 2.33. The van der Waals surface area contributed by atoms with Gasteiger partial charge in [0.1, 0.15) is 6.54 Å². The van der Waals surface area contributed by atoms with E-state index in [4.69, 9.17) is 9.47 Å². The Labute approximate surface area is 148 Å². The standard InChI is InChI=1S/C15H21N5O6/c1-4-25-14(23)16-6-5-7-26-10(21)8-20-9-17-12-11(20)13(22)19(3)15(24)18(12)2/h9H,4-8H2,1-3H3,(H,16,23). The number of hydrogen-bond donors (Lipinski definition) is 1. The maximum Gasteiger partial charge on any atom is 0.407 e. The maximum atomic E-state index is 12.3. The first-order chi connectivity index (χ1) is 12.4. The molecule has 11 nitrogen and oxygen atoms in total. The van der Waals surface area contributed by atoms with Gasteiger partial charge in [-0.15, -0.1) is 0 Å². The van der Waals surface area contributed by atoms with E-state index in [0.29, 0.717) is 13.0 Å². The first-order valence-electron chi connectivity index (χ1n) is 8.04. The van der Waals surface area contributed by atoms with Gasteiger partial charge in [-0.2, -0.15) is 0 Å². The summed E-state index contributed by atoms with van der Waals surface area (Å²) >= 11 is 0. The van der Waals surface area contributed by atoms with Crippen LogP contribution in [0.3, 0.4) is 0 Å². The number of fused-ring (bicyclic) bond motifs is 1. The molecule has 0 aliphatic carbocycles. The molecule has 2 rings (SSSR count). The van der Waals surface area contributed by atoms with Crippen LogP contribution in [0.1, 0.15) is 13.3 Å². The molecule has 0 aliphatic heterocycles. The minimum atomic E-state index is -0.559. The first-order valence-corrected chi connectivity index (χ1v) is 8.04. The number of aryl methyl sites for hydroxylation is 1. The zero-order valence-corrected chi connectivity index (χ0v) is 14.9. The Morgan fingerprint density at radius 1 is 1.19 bits per heavy atom. The smallest absolute Gasteiger partial charge is 0.407 e. The van der Waals surface area contributed by atoms with Crippen LogP contribution in [0.15, 0.2) is 15.9 Å². The highest BCUT2D eigenvalue weighted by Crippen LogP contribution is 2.05. The normalized spacial score (nSPS) is 10.7. The minimum Gasteiger partial charge on any atom is -0.464 e. The maximum absolute atomic E-state index is 12.3. The number of hydrogen-bond acceptors (Lipinski definition) is 7. The van der Waals surface area contributed by atoms with Crippen LogP contribution in [0.4, 0.5) is 4.79 Å². The van der Waals surface area contributed by atoms with E-state index in [1.54, 1.807) is 6.92 Å². The number of esters is 1. The fraction of sp³-hybridized carbons (Fsp3) is 0.533. The highest BCUT2D eigenvalue weighted by Gasteiger charge is 2.16. The molecule has 0 saturated heterocycles. The molecule has 0 fully saturated rings. The molecule has 11 heteroatoms. The van der Waals surface area contributed by atoms with E-state index in [1.807, 2.05) is 0 Å². The largest absolute Gasteiger partial charge is 0.464 e. The molecule has 26 heavy (non-hydrogen) atoms. The summed E-state index contributed by atoms with van der Waals surface area (Å²) in [7, 11) is 2.85. The Morgan fingerprint density at radius 3 is 2.62 bits per heavy atom. The molecule has 0 spiro atoms. The number of aromatic nitrogens is 4. The van der Waals surface area contributed by atoms with Gasteiger partial charge in [0.05, 0.1) is 19.5 Å². The van der Waals surface area contributed by atoms with E-state index in [-0.39, 0.29) is 30.9 Å². The Kier molecular flexibility index (Phi) is 6.15. The number of nitrogens with zero attached hydrogens (tertiary/aromatic N) is 4. The SMILES string of the molecule is CCOC(=O)NCCCOC(=O)Cn1cnc2c1c(=O)n(C)c(=O)n2C. The lowest BCUT2D eigenvalue weighted by Crippen LogP contribution is -2.37. The van der Waals surface area contributed by atoms with Crippen LogP contribution >= 0.6 is 0 Å². The van der Waals surface area contributed by atoms with Gasteiger partial charge < -0.3 is 19.4 Å². The summed E-state index contributed by atoms with van der Waals surface area (Å²) < 4.78 is 13.3. The van der Waals surface area contributed by atoms with Crippen LogP contribution in [-0.4, -0.2) is 50.5 Å². The monoisotopic (exact) mass is 367 g/mol. The van der Waals surface area contributed by atoms with Gasteiger partial charge in [0.25, 0.3) is 5.56 Å². The van der Waals surface area contributed by atoms with Crippen LogP contribution in [0.2, 0.25) is 0 Å². The second-order valence-electron chi connectivity index (χ2n) is 5.47. The zero-order valence-electron chi connectivity index (χ0n) is 14.9. The molecule has 1 N–H and O–H groups in total. The lowest BCUT2D eigenvalue weighted by molar-refractivity contribution is -0.144. The van der Waals surface area contributed by atoms with Gasteiger partial charge in [-0.3, -0.25) is 18.7 Å². The van der Waals surface area contributed by atoms with Gasteiger partial charge in [0, 0.05) is 20.6 Å². The van der Waals surface area contributed by atoms with Gasteiger partial charge in [-0.25, -0.2) is 14.6 Å². The van der Waals surface area contributed by atoms with Crippen molar-refractivity contribution in [1.29, 1.82) is 0 Å². The molecular formula is C15H21N5O6. The Bertz CT molecular complexity index is 925. The molecule has 0 aliphatic rings. The van der Waals surface area contributed by atoms with E-state index >= 15 is 0 Å². The van der Waals surface area contributed by atoms with E-state index in [9.17, 15) is 19.2 Å². The molecule has 0 aromatic carbocycles. The van der Waals surface area contributed by atoms with Crippen molar-refractivity contribution >= 4 is 23.2 Å². The van der Waals surface area contributed by atoms with Crippen molar-refractivity contribution < 1.29 is 19.1 Å². The predicted molar refractivity (Wildman–Crippen MR) is 90.8 cm³/mol. The molecule has 2 heterocycles. The highest BCUT2D eigenvalue weighted by molar-refractivity contribution is 5.75. The number of imidazole rings is 1. The van der Waals surface area contributed by atoms with Gasteiger partial charge in [0.2, 0.25) is 0 Å². The summed E-state index contributed by atoms with van der Waals surface area (Å²) in [5.74, 6) is -0.559. The number of carbonyl (C=O) groups excluding carboxylic acids is 2. The lowest BCUT2D eigenvalue weighted by atomic mass is 10.4. The van der Waals surface area contributed by atoms with Crippen molar-refractivity contribution in [1.82, 2.24) is 24.0 Å². The molecule has 2 aromatic rings. The topological polar surface area (TPSA) is 126 Å². The predicted octanol–water partition coefficient (Wildman–Crippen LogP) is -0.887. The van der Waals surface area contributed by atoms with Gasteiger partial charge in [0.15, 0.2) is 11.2 Å². The zero-order chi connectivity index (χ0) is 19.3. The number of ether oxygens (including phenoxy) is 2. The summed E-state index contributed by atoms with van der Waals surface area (Å²) in [6.45, 7) is 2.18. The number of carbonyl (C=O) groups is 2. The number of rotatable bonds is 7. The summed E-state index contributed by atoms with van der Waals surface area (Å²) in [6, 6.07) is 0. The lowest BCUT2D eigenvalue weighted by Gasteiger charge is -2.08. The summed E-state index contributed by atoms with van der Waals surface area (Å²) in [6.07, 6.45) is 1.21. The van der Waals surface area contributed by atoms with Crippen LogP contribution in [-0.2, 0) is 34.9 Å². The minimum absolute atomic E-state index is 0.106. The van der Waals surface area contributed by atoms with Crippen molar-refractivity contribution in [3.8, 4) is 0 Å². The summed E-state index contributed by atoms with van der Waals surface area (Å²) in [5, 5.41) is 2.51. The van der Waals surface area contributed by atoms with Crippen LogP contribution in [0, 0.1) is 0 Å². The highest BCUT2D eigenvalue weighted by atomic mass is 16.5. The Balaban J connectivity index is 1.95. The fourth-order valence-electron chi connectivity index (χ4n) is 2.33. The van der Waals surface area contributed by atoms with Crippen LogP contribution < -0.4 is 16.6 Å². The third kappa shape index (κ3) is 4.10. The molecule has 0 bridgehead atoms. The quantitative estimate of drug-likeness (QED) is 0.497. The average molecular weight is 367 g/mol.